The molecule has 2 atom stereocenters. The molecule has 1 aliphatic carbocycles. The van der Waals surface area contributed by atoms with Gasteiger partial charge in [-0.15, -0.1) is 0 Å². The van der Waals surface area contributed by atoms with Gasteiger partial charge in [0.15, 0.2) is 0 Å². The molecule has 2 aromatic rings. The Labute approximate surface area is 164 Å². The lowest BCUT2D eigenvalue weighted by atomic mass is 9.90. The highest BCUT2D eigenvalue weighted by Crippen LogP contribution is 2.42. The highest BCUT2D eigenvalue weighted by molar-refractivity contribution is 8.20. The lowest BCUT2D eigenvalue weighted by Gasteiger charge is -2.42. The number of nitrogens with zero attached hydrogens (tertiary/aromatic N) is 1. The van der Waals surface area contributed by atoms with Gasteiger partial charge in [-0.3, -0.25) is 9.99 Å². The third kappa shape index (κ3) is 4.28. The predicted octanol–water partition coefficient (Wildman–Crippen LogP) is 4.27. The number of hydrogen-bond donors (Lipinski definition) is 1. The molecule has 0 unspecified atom stereocenters. The molecule has 2 nitrogen and oxygen atoms in total. The zero-order valence-corrected chi connectivity index (χ0v) is 17.7. The van der Waals surface area contributed by atoms with E-state index in [-0.39, 0.29) is 0 Å². The Hall–Kier alpha value is -0.990. The fourth-order valence-electron chi connectivity index (χ4n) is 4.20. The minimum atomic E-state index is -2.03. The molecule has 0 bridgehead atoms. The average Bonchev–Trinajstić information content (AvgIpc) is 2.71. The van der Waals surface area contributed by atoms with Gasteiger partial charge in [-0.2, -0.15) is 0 Å². The van der Waals surface area contributed by atoms with E-state index in [1.54, 1.807) is 0 Å². The minimum absolute atomic E-state index is 0.467. The van der Waals surface area contributed by atoms with Gasteiger partial charge in [0.25, 0.3) is 0 Å². The van der Waals surface area contributed by atoms with Crippen molar-refractivity contribution in [3.05, 3.63) is 60.7 Å². The van der Waals surface area contributed by atoms with Gasteiger partial charge in [-0.25, -0.2) is 0 Å². The van der Waals surface area contributed by atoms with Crippen LogP contribution >= 0.6 is 6.19 Å². The van der Waals surface area contributed by atoms with Gasteiger partial charge < -0.3 is 0 Å². The van der Waals surface area contributed by atoms with E-state index in [2.05, 4.69) is 84.5 Å². The zero-order valence-electron chi connectivity index (χ0n) is 16.0. The molecule has 2 aromatic carbocycles. The lowest BCUT2D eigenvalue weighted by molar-refractivity contribution is 0.145. The Morgan fingerprint density at radius 2 is 1.38 bits per heavy atom. The molecule has 0 amide bonds. The smallest absolute Gasteiger partial charge is 0.0687 e. The molecule has 0 aliphatic heterocycles. The third-order valence-corrected chi connectivity index (χ3v) is 9.93. The maximum atomic E-state index is 6.41. The second kappa shape index (κ2) is 9.28. The first-order valence-electron chi connectivity index (χ1n) is 9.92. The standard InChI is InChI=1S/C22H31N2PS/c1-3-24(4-2)22-18-12-11-17-21(22)23-25(26,19-13-7-5-8-14-19)20-15-9-6-10-16-20/h5-10,13-16,21-22H,3-4,11-12,17-18H2,1-2H3,(H,23,26)/t21-,22-/m1/s1. The van der Waals surface area contributed by atoms with Gasteiger partial charge in [0.2, 0.25) is 0 Å². The molecule has 1 saturated carbocycles. The summed E-state index contributed by atoms with van der Waals surface area (Å²) in [5, 5.41) is 6.59. The normalized spacial score (nSPS) is 21.0. The molecule has 26 heavy (non-hydrogen) atoms. The van der Waals surface area contributed by atoms with E-state index in [1.807, 2.05) is 0 Å². The lowest BCUT2D eigenvalue weighted by Crippen LogP contribution is -2.52. The number of nitrogens with one attached hydrogen (secondary N) is 1. The van der Waals surface area contributed by atoms with E-state index in [0.29, 0.717) is 12.1 Å². The Morgan fingerprint density at radius 3 is 1.88 bits per heavy atom. The summed E-state index contributed by atoms with van der Waals surface area (Å²) in [6.45, 7) is 6.77. The molecule has 1 N–H and O–H groups in total. The molecule has 0 radical (unpaired) electrons. The topological polar surface area (TPSA) is 15.3 Å². The Morgan fingerprint density at radius 1 is 0.885 bits per heavy atom. The van der Waals surface area contributed by atoms with Crippen LogP contribution in [0.1, 0.15) is 39.5 Å². The highest BCUT2D eigenvalue weighted by Gasteiger charge is 2.33. The number of benzene rings is 2. The van der Waals surface area contributed by atoms with Crippen LogP contribution in [-0.4, -0.2) is 30.1 Å². The fourth-order valence-corrected chi connectivity index (χ4v) is 7.88. The van der Waals surface area contributed by atoms with Crippen molar-refractivity contribution < 1.29 is 0 Å². The van der Waals surface area contributed by atoms with Crippen molar-refractivity contribution in [3.63, 3.8) is 0 Å². The Bertz CT molecular complexity index is 672. The van der Waals surface area contributed by atoms with Crippen molar-refractivity contribution in [1.82, 2.24) is 9.99 Å². The summed E-state index contributed by atoms with van der Waals surface area (Å²) < 4.78 is 0. The van der Waals surface area contributed by atoms with E-state index in [1.165, 1.54) is 36.3 Å². The summed E-state index contributed by atoms with van der Waals surface area (Å²) in [6.07, 6.45) is 3.10. The Kier molecular flexibility index (Phi) is 7.05. The van der Waals surface area contributed by atoms with Gasteiger partial charge in [-0.1, -0.05) is 99.2 Å². The minimum Gasteiger partial charge on any atom is -0.299 e. The quantitative estimate of drug-likeness (QED) is 0.715. The largest absolute Gasteiger partial charge is 0.299 e. The second-order valence-corrected chi connectivity index (χ2v) is 11.2. The summed E-state index contributed by atoms with van der Waals surface area (Å²) in [5.74, 6) is 0. The summed E-state index contributed by atoms with van der Waals surface area (Å²) >= 11 is 6.41. The average molecular weight is 387 g/mol. The van der Waals surface area contributed by atoms with Crippen molar-refractivity contribution in [1.29, 1.82) is 0 Å². The van der Waals surface area contributed by atoms with Crippen LogP contribution in [-0.2, 0) is 11.8 Å². The van der Waals surface area contributed by atoms with Crippen molar-refractivity contribution in [3.8, 4) is 0 Å². The first-order valence-corrected chi connectivity index (χ1v) is 12.7. The third-order valence-electron chi connectivity index (χ3n) is 5.60. The molecule has 0 heterocycles. The maximum Gasteiger partial charge on any atom is 0.0687 e. The molecule has 140 valence electrons. The summed E-state index contributed by atoms with van der Waals surface area (Å²) in [4.78, 5) is 2.62. The van der Waals surface area contributed by atoms with Crippen LogP contribution in [0, 0.1) is 0 Å². The molecular formula is C22H31N2PS. The number of likely N-dealkylation sites (N-methyl/N-ethyl adjacent to an activating group) is 1. The molecule has 0 aromatic heterocycles. The number of rotatable bonds is 7. The van der Waals surface area contributed by atoms with Crippen LogP contribution in [0.4, 0.5) is 0 Å². The van der Waals surface area contributed by atoms with E-state index < -0.39 is 6.19 Å². The first-order chi connectivity index (χ1) is 12.7. The van der Waals surface area contributed by atoms with Gasteiger partial charge in [-0.05, 0) is 25.9 Å². The van der Waals surface area contributed by atoms with Gasteiger partial charge in [0.05, 0.1) is 6.19 Å². The first kappa shape index (κ1) is 19.8. The Balaban J connectivity index is 1.96. The molecule has 1 fully saturated rings. The van der Waals surface area contributed by atoms with Gasteiger partial charge in [0, 0.05) is 22.7 Å². The highest BCUT2D eigenvalue weighted by atomic mass is 32.4. The molecule has 4 heteroatoms. The monoisotopic (exact) mass is 386 g/mol. The van der Waals surface area contributed by atoms with E-state index in [4.69, 9.17) is 11.8 Å². The zero-order chi connectivity index (χ0) is 18.4. The SMILES string of the molecule is CCN(CC)[C@@H]1CCCC[C@H]1NP(=S)(c1ccccc1)c1ccccc1. The van der Waals surface area contributed by atoms with Crippen LogP contribution in [0.2, 0.25) is 0 Å². The van der Waals surface area contributed by atoms with Gasteiger partial charge in [0.1, 0.15) is 0 Å². The van der Waals surface area contributed by atoms with Crippen molar-refractivity contribution in [2.75, 3.05) is 13.1 Å². The number of hydrogen-bond acceptors (Lipinski definition) is 2. The second-order valence-electron chi connectivity index (χ2n) is 7.09. The van der Waals surface area contributed by atoms with Crippen LogP contribution in [0.3, 0.4) is 0 Å². The fraction of sp³-hybridized carbons (Fsp3) is 0.455. The molecule has 1 aliphatic rings. The molecule has 0 saturated heterocycles. The molecule has 3 rings (SSSR count). The maximum absolute atomic E-state index is 6.41. The summed E-state index contributed by atoms with van der Waals surface area (Å²) in [5.41, 5.74) is 0. The van der Waals surface area contributed by atoms with E-state index in [9.17, 15) is 0 Å². The van der Waals surface area contributed by atoms with Crippen LogP contribution in [0.15, 0.2) is 60.7 Å². The summed E-state index contributed by atoms with van der Waals surface area (Å²) in [6, 6.07) is 22.5. The van der Waals surface area contributed by atoms with E-state index >= 15 is 0 Å². The van der Waals surface area contributed by atoms with Crippen molar-refractivity contribution >= 4 is 28.6 Å². The van der Waals surface area contributed by atoms with E-state index in [0.717, 1.165) is 13.1 Å². The van der Waals surface area contributed by atoms with Gasteiger partial charge >= 0.3 is 0 Å². The summed E-state index contributed by atoms with van der Waals surface area (Å²) in [7, 11) is 0. The molecular weight excluding hydrogens is 355 g/mol. The predicted molar refractivity (Wildman–Crippen MR) is 119 cm³/mol. The van der Waals surface area contributed by atoms with Crippen LogP contribution < -0.4 is 15.7 Å². The molecule has 0 spiro atoms. The van der Waals surface area contributed by atoms with Crippen molar-refractivity contribution in [2.45, 2.75) is 51.6 Å². The van der Waals surface area contributed by atoms with Crippen LogP contribution in [0.5, 0.6) is 0 Å². The van der Waals surface area contributed by atoms with Crippen molar-refractivity contribution in [2.24, 2.45) is 0 Å². The van der Waals surface area contributed by atoms with Crippen LogP contribution in [0.25, 0.3) is 0 Å².